The normalized spacial score (nSPS) is 21.7. The summed E-state index contributed by atoms with van der Waals surface area (Å²) >= 11 is 6.07. The summed E-state index contributed by atoms with van der Waals surface area (Å²) in [4.78, 5) is 2.08. The molecule has 2 aliphatic rings. The minimum absolute atomic E-state index is 0.167. The van der Waals surface area contributed by atoms with Crippen LogP contribution < -0.4 is 0 Å². The molecule has 1 saturated carbocycles. The first-order valence-corrected chi connectivity index (χ1v) is 9.51. The second-order valence-electron chi connectivity index (χ2n) is 5.97. The van der Waals surface area contributed by atoms with Gasteiger partial charge < -0.3 is 0 Å². The third kappa shape index (κ3) is 3.45. The van der Waals surface area contributed by atoms with Crippen LogP contribution in [0.4, 0.5) is 4.39 Å². The Balaban J connectivity index is 1.66. The molecular formula is C15H20ClFN2O2S. The fraction of sp³-hybridized carbons (Fsp3) is 0.600. The Labute approximate surface area is 135 Å². The van der Waals surface area contributed by atoms with Crippen molar-refractivity contribution in [3.05, 3.63) is 34.6 Å². The minimum Gasteiger partial charge on any atom is -0.298 e. The van der Waals surface area contributed by atoms with Crippen molar-refractivity contribution in [1.29, 1.82) is 0 Å². The molecule has 2 fully saturated rings. The van der Waals surface area contributed by atoms with Gasteiger partial charge in [-0.1, -0.05) is 17.7 Å². The first-order chi connectivity index (χ1) is 10.5. The monoisotopic (exact) mass is 346 g/mol. The number of halogens is 2. The molecule has 0 aromatic heterocycles. The molecule has 1 aromatic rings. The van der Waals surface area contributed by atoms with Crippen LogP contribution in [-0.2, 0) is 16.6 Å². The largest absolute Gasteiger partial charge is 0.298 e. The molecule has 0 atom stereocenters. The second-order valence-corrected chi connectivity index (χ2v) is 8.59. The van der Waals surface area contributed by atoms with Crippen LogP contribution in [0.5, 0.6) is 0 Å². The lowest BCUT2D eigenvalue weighted by Gasteiger charge is -2.22. The fourth-order valence-corrected chi connectivity index (χ4v) is 4.94. The maximum Gasteiger partial charge on any atom is 0.217 e. The van der Waals surface area contributed by atoms with Crippen LogP contribution in [0.3, 0.4) is 0 Å². The molecule has 0 unspecified atom stereocenters. The van der Waals surface area contributed by atoms with Gasteiger partial charge in [-0.05, 0) is 37.9 Å². The van der Waals surface area contributed by atoms with E-state index in [0.29, 0.717) is 36.8 Å². The Morgan fingerprint density at radius 1 is 1.18 bits per heavy atom. The van der Waals surface area contributed by atoms with Crippen molar-refractivity contribution in [2.75, 3.05) is 26.2 Å². The van der Waals surface area contributed by atoms with E-state index in [9.17, 15) is 12.8 Å². The molecule has 0 radical (unpaired) electrons. The number of rotatable bonds is 4. The van der Waals surface area contributed by atoms with Crippen LogP contribution in [0, 0.1) is 5.82 Å². The van der Waals surface area contributed by atoms with Crippen LogP contribution in [0.25, 0.3) is 0 Å². The average molecular weight is 347 g/mol. The number of sulfonamides is 1. The molecule has 0 spiro atoms. The van der Waals surface area contributed by atoms with E-state index in [4.69, 9.17) is 11.6 Å². The highest BCUT2D eigenvalue weighted by Crippen LogP contribution is 2.31. The molecule has 4 nitrogen and oxygen atoms in total. The number of benzene rings is 1. The molecule has 1 heterocycles. The maximum atomic E-state index is 13.9. The zero-order chi connectivity index (χ0) is 15.7. The van der Waals surface area contributed by atoms with E-state index in [1.807, 2.05) is 0 Å². The van der Waals surface area contributed by atoms with Gasteiger partial charge in [-0.3, -0.25) is 4.90 Å². The van der Waals surface area contributed by atoms with Crippen molar-refractivity contribution < 1.29 is 12.8 Å². The Hall–Kier alpha value is -0.690. The molecule has 122 valence electrons. The molecule has 7 heteroatoms. The van der Waals surface area contributed by atoms with E-state index in [2.05, 4.69) is 4.90 Å². The summed E-state index contributed by atoms with van der Waals surface area (Å²) in [7, 11) is -3.12. The van der Waals surface area contributed by atoms with Crippen LogP contribution in [0.15, 0.2) is 18.2 Å². The van der Waals surface area contributed by atoms with Gasteiger partial charge in [-0.2, -0.15) is 0 Å². The van der Waals surface area contributed by atoms with Crippen molar-refractivity contribution in [2.45, 2.75) is 31.1 Å². The summed E-state index contributed by atoms with van der Waals surface area (Å²) in [5.74, 6) is -0.306. The summed E-state index contributed by atoms with van der Waals surface area (Å²) in [6.07, 6.45) is 2.33. The molecule has 1 aliphatic heterocycles. The number of hydrogen-bond donors (Lipinski definition) is 0. The SMILES string of the molecule is O=S(=O)(C1CC1)N1CCCN(Cc2c(F)cccc2Cl)CC1. The zero-order valence-electron chi connectivity index (χ0n) is 12.3. The van der Waals surface area contributed by atoms with Gasteiger partial charge in [0.25, 0.3) is 0 Å². The smallest absolute Gasteiger partial charge is 0.217 e. The van der Waals surface area contributed by atoms with Crippen LogP contribution in [0.2, 0.25) is 5.02 Å². The van der Waals surface area contributed by atoms with E-state index < -0.39 is 10.0 Å². The van der Waals surface area contributed by atoms with Crippen molar-refractivity contribution >= 4 is 21.6 Å². The molecule has 3 rings (SSSR count). The van der Waals surface area contributed by atoms with Gasteiger partial charge >= 0.3 is 0 Å². The lowest BCUT2D eigenvalue weighted by atomic mass is 10.2. The van der Waals surface area contributed by atoms with E-state index in [0.717, 1.165) is 25.8 Å². The van der Waals surface area contributed by atoms with Gasteiger partial charge in [-0.25, -0.2) is 17.1 Å². The Bertz CT molecular complexity index is 629. The van der Waals surface area contributed by atoms with E-state index >= 15 is 0 Å². The van der Waals surface area contributed by atoms with Crippen molar-refractivity contribution in [3.8, 4) is 0 Å². The third-order valence-electron chi connectivity index (χ3n) is 4.30. The summed E-state index contributed by atoms with van der Waals surface area (Å²) in [5.41, 5.74) is 0.489. The molecular weight excluding hydrogens is 327 g/mol. The molecule has 0 N–H and O–H groups in total. The van der Waals surface area contributed by atoms with E-state index in [1.165, 1.54) is 6.07 Å². The first-order valence-electron chi connectivity index (χ1n) is 7.62. The van der Waals surface area contributed by atoms with Gasteiger partial charge in [0.15, 0.2) is 0 Å². The maximum absolute atomic E-state index is 13.9. The molecule has 0 bridgehead atoms. The van der Waals surface area contributed by atoms with Gasteiger partial charge in [0.05, 0.1) is 5.25 Å². The zero-order valence-corrected chi connectivity index (χ0v) is 13.9. The van der Waals surface area contributed by atoms with Gasteiger partial charge in [0.1, 0.15) is 5.82 Å². The molecule has 22 heavy (non-hydrogen) atoms. The predicted molar refractivity (Wildman–Crippen MR) is 84.8 cm³/mol. The molecule has 1 saturated heterocycles. The van der Waals surface area contributed by atoms with Crippen LogP contribution >= 0.6 is 11.6 Å². The molecule has 1 aliphatic carbocycles. The van der Waals surface area contributed by atoms with Crippen molar-refractivity contribution in [1.82, 2.24) is 9.21 Å². The highest BCUT2D eigenvalue weighted by molar-refractivity contribution is 7.90. The Kier molecular flexibility index (Phi) is 4.73. The summed E-state index contributed by atoms with van der Waals surface area (Å²) < 4.78 is 40.1. The lowest BCUT2D eigenvalue weighted by molar-refractivity contribution is 0.274. The highest BCUT2D eigenvalue weighted by atomic mass is 35.5. The number of hydrogen-bond acceptors (Lipinski definition) is 3. The standard InChI is InChI=1S/C15H20ClFN2O2S/c16-14-3-1-4-15(17)13(14)11-18-7-2-8-19(10-9-18)22(20,21)12-5-6-12/h1,3-4,12H,2,5-11H2. The molecule has 1 aromatic carbocycles. The second kappa shape index (κ2) is 6.43. The van der Waals surface area contributed by atoms with Gasteiger partial charge in [0, 0.05) is 36.8 Å². The fourth-order valence-electron chi connectivity index (χ4n) is 2.84. The molecule has 0 amide bonds. The average Bonchev–Trinajstić information content (AvgIpc) is 3.29. The van der Waals surface area contributed by atoms with E-state index in [-0.39, 0.29) is 11.1 Å². The topological polar surface area (TPSA) is 40.6 Å². The summed E-state index contributed by atoms with van der Waals surface area (Å²) in [5, 5.41) is 0.256. The highest BCUT2D eigenvalue weighted by Gasteiger charge is 2.40. The van der Waals surface area contributed by atoms with Crippen LogP contribution in [0.1, 0.15) is 24.8 Å². The van der Waals surface area contributed by atoms with Gasteiger partial charge in [0.2, 0.25) is 10.0 Å². The Morgan fingerprint density at radius 3 is 2.64 bits per heavy atom. The van der Waals surface area contributed by atoms with Crippen molar-refractivity contribution in [2.24, 2.45) is 0 Å². The first kappa shape index (κ1) is 16.2. The summed E-state index contributed by atoms with van der Waals surface area (Å²) in [6, 6.07) is 4.68. The van der Waals surface area contributed by atoms with Gasteiger partial charge in [-0.15, -0.1) is 0 Å². The van der Waals surface area contributed by atoms with Crippen LogP contribution in [-0.4, -0.2) is 49.1 Å². The number of nitrogens with zero attached hydrogens (tertiary/aromatic N) is 2. The van der Waals surface area contributed by atoms with E-state index in [1.54, 1.807) is 16.4 Å². The van der Waals surface area contributed by atoms with Crippen molar-refractivity contribution in [3.63, 3.8) is 0 Å². The predicted octanol–water partition coefficient (Wildman–Crippen LogP) is 2.48. The third-order valence-corrected chi connectivity index (χ3v) is 7.05. The summed E-state index contributed by atoms with van der Waals surface area (Å²) in [6.45, 7) is 2.81. The Morgan fingerprint density at radius 2 is 1.95 bits per heavy atom. The minimum atomic E-state index is -3.12. The lowest BCUT2D eigenvalue weighted by Crippen LogP contribution is -2.37. The quantitative estimate of drug-likeness (QED) is 0.841.